The van der Waals surface area contributed by atoms with E-state index in [0.717, 1.165) is 16.7 Å². The summed E-state index contributed by atoms with van der Waals surface area (Å²) in [5, 5.41) is 9.91. The first-order valence-electron chi connectivity index (χ1n) is 6.68. The molecule has 2 aromatic carbocycles. The Labute approximate surface area is 129 Å². The topological polar surface area (TPSA) is 46.5 Å². The van der Waals surface area contributed by atoms with Gasteiger partial charge >= 0.3 is 5.97 Å². The van der Waals surface area contributed by atoms with Crippen LogP contribution >= 0.6 is 11.6 Å². The number of carbonyl (C=O) groups is 1. The largest absolute Gasteiger partial charge is 0.491 e. The molecule has 0 heterocycles. The molecule has 1 N–H and O–H groups in total. The number of benzene rings is 2. The molecule has 0 aliphatic carbocycles. The minimum Gasteiger partial charge on any atom is -0.491 e. The molecule has 0 unspecified atom stereocenters. The highest BCUT2D eigenvalue weighted by atomic mass is 35.5. The number of halogens is 1. The minimum absolute atomic E-state index is 0.0202. The monoisotopic (exact) mass is 304 g/mol. The Bertz CT molecular complexity index is 678. The molecule has 0 amide bonds. The van der Waals surface area contributed by atoms with Crippen LogP contribution in [0.15, 0.2) is 36.4 Å². The number of carboxylic acid groups (broad SMARTS) is 1. The summed E-state index contributed by atoms with van der Waals surface area (Å²) in [5.41, 5.74) is 2.94. The van der Waals surface area contributed by atoms with E-state index in [-0.39, 0.29) is 11.7 Å². The summed E-state index contributed by atoms with van der Waals surface area (Å²) in [5.74, 6) is -0.425. The van der Waals surface area contributed by atoms with E-state index in [0.29, 0.717) is 10.8 Å². The van der Waals surface area contributed by atoms with Crippen LogP contribution < -0.4 is 4.74 Å². The van der Waals surface area contributed by atoms with Gasteiger partial charge in [0.2, 0.25) is 0 Å². The Kier molecular flexibility index (Phi) is 4.53. The maximum Gasteiger partial charge on any atom is 0.335 e. The molecule has 3 nitrogen and oxygen atoms in total. The summed E-state index contributed by atoms with van der Waals surface area (Å²) in [6.07, 6.45) is -0.0202. The second-order valence-corrected chi connectivity index (χ2v) is 5.61. The van der Waals surface area contributed by atoms with Crippen molar-refractivity contribution < 1.29 is 14.6 Å². The van der Waals surface area contributed by atoms with E-state index >= 15 is 0 Å². The van der Waals surface area contributed by atoms with Crippen LogP contribution in [-0.2, 0) is 0 Å². The van der Waals surface area contributed by atoms with Gasteiger partial charge in [0.25, 0.3) is 0 Å². The summed E-state index contributed by atoms with van der Waals surface area (Å²) < 4.78 is 5.64. The zero-order valence-corrected chi connectivity index (χ0v) is 12.9. The lowest BCUT2D eigenvalue weighted by molar-refractivity contribution is 0.0696. The number of aromatic carboxylic acids is 1. The molecule has 0 aromatic heterocycles. The number of hydrogen-bond donors (Lipinski definition) is 1. The van der Waals surface area contributed by atoms with E-state index in [4.69, 9.17) is 16.3 Å². The summed E-state index contributed by atoms with van der Waals surface area (Å²) in [6, 6.07) is 10.6. The van der Waals surface area contributed by atoms with Gasteiger partial charge in [0.05, 0.1) is 11.7 Å². The van der Waals surface area contributed by atoms with Crippen molar-refractivity contribution in [3.63, 3.8) is 0 Å². The van der Waals surface area contributed by atoms with Crippen LogP contribution in [0.1, 0.15) is 29.8 Å². The van der Waals surface area contributed by atoms with Crippen LogP contribution in [0.5, 0.6) is 5.75 Å². The van der Waals surface area contributed by atoms with E-state index in [2.05, 4.69) is 0 Å². The summed E-state index contributed by atoms with van der Waals surface area (Å²) in [6.45, 7) is 5.75. The molecule has 2 rings (SSSR count). The van der Waals surface area contributed by atoms with Crippen LogP contribution in [-0.4, -0.2) is 17.2 Å². The van der Waals surface area contributed by atoms with Gasteiger partial charge in [-0.3, -0.25) is 0 Å². The zero-order valence-electron chi connectivity index (χ0n) is 12.2. The van der Waals surface area contributed by atoms with Gasteiger partial charge in [-0.05, 0) is 67.8 Å². The smallest absolute Gasteiger partial charge is 0.335 e. The molecular weight excluding hydrogens is 288 g/mol. The van der Waals surface area contributed by atoms with E-state index in [1.54, 1.807) is 12.1 Å². The Morgan fingerprint density at radius 1 is 1.19 bits per heavy atom. The van der Waals surface area contributed by atoms with Crippen molar-refractivity contribution in [2.24, 2.45) is 0 Å². The molecule has 0 fully saturated rings. The van der Waals surface area contributed by atoms with Crippen LogP contribution in [0.3, 0.4) is 0 Å². The Balaban J connectivity index is 2.56. The Hall–Kier alpha value is -2.00. The Morgan fingerprint density at radius 2 is 1.90 bits per heavy atom. The lowest BCUT2D eigenvalue weighted by Gasteiger charge is -2.13. The van der Waals surface area contributed by atoms with Crippen LogP contribution in [0.2, 0.25) is 5.02 Å². The van der Waals surface area contributed by atoms with Gasteiger partial charge in [-0.1, -0.05) is 17.7 Å². The maximum atomic E-state index is 11.3. The van der Waals surface area contributed by atoms with Gasteiger partial charge < -0.3 is 9.84 Å². The molecule has 0 saturated heterocycles. The summed E-state index contributed by atoms with van der Waals surface area (Å²) >= 11 is 5.97. The molecule has 2 aromatic rings. The fourth-order valence-electron chi connectivity index (χ4n) is 2.17. The molecule has 4 heteroatoms. The molecule has 0 spiro atoms. The van der Waals surface area contributed by atoms with E-state index in [1.807, 2.05) is 39.0 Å². The van der Waals surface area contributed by atoms with Crippen LogP contribution in [0, 0.1) is 6.92 Å². The SMILES string of the molecule is Cc1cc(Cl)ccc1-c1cc(OC(C)C)cc(C(=O)O)c1. The first-order chi connectivity index (χ1) is 9.86. The predicted molar refractivity (Wildman–Crippen MR) is 84.3 cm³/mol. The highest BCUT2D eigenvalue weighted by molar-refractivity contribution is 6.30. The van der Waals surface area contributed by atoms with Crippen molar-refractivity contribution in [3.8, 4) is 16.9 Å². The number of carboxylic acids is 1. The van der Waals surface area contributed by atoms with Crippen molar-refractivity contribution in [2.75, 3.05) is 0 Å². The number of aryl methyl sites for hydroxylation is 1. The zero-order chi connectivity index (χ0) is 15.6. The summed E-state index contributed by atoms with van der Waals surface area (Å²) in [7, 11) is 0. The van der Waals surface area contributed by atoms with Crippen molar-refractivity contribution >= 4 is 17.6 Å². The van der Waals surface area contributed by atoms with Crippen LogP contribution in [0.4, 0.5) is 0 Å². The van der Waals surface area contributed by atoms with E-state index in [1.165, 1.54) is 6.07 Å². The molecule has 0 bridgehead atoms. The molecule has 0 aliphatic rings. The van der Waals surface area contributed by atoms with Gasteiger partial charge in [-0.2, -0.15) is 0 Å². The molecule has 0 atom stereocenters. The normalized spacial score (nSPS) is 10.7. The third kappa shape index (κ3) is 3.76. The molecule has 0 saturated carbocycles. The third-order valence-corrected chi connectivity index (χ3v) is 3.26. The number of rotatable bonds is 4. The number of hydrogen-bond acceptors (Lipinski definition) is 2. The van der Waals surface area contributed by atoms with Gasteiger partial charge in [-0.15, -0.1) is 0 Å². The number of ether oxygens (including phenoxy) is 1. The van der Waals surface area contributed by atoms with Crippen molar-refractivity contribution in [3.05, 3.63) is 52.5 Å². The molecule has 110 valence electrons. The fourth-order valence-corrected chi connectivity index (χ4v) is 2.40. The van der Waals surface area contributed by atoms with Gasteiger partial charge in [-0.25, -0.2) is 4.79 Å². The van der Waals surface area contributed by atoms with Crippen molar-refractivity contribution in [1.82, 2.24) is 0 Å². The standard InChI is InChI=1S/C17H17ClO3/c1-10(2)21-15-8-12(7-13(9-15)17(19)20)16-5-4-14(18)6-11(16)3/h4-10H,1-3H3,(H,19,20). The van der Waals surface area contributed by atoms with Crippen molar-refractivity contribution in [1.29, 1.82) is 0 Å². The average Bonchev–Trinajstić information content (AvgIpc) is 2.37. The predicted octanol–water partition coefficient (Wildman–Crippen LogP) is 4.80. The highest BCUT2D eigenvalue weighted by Gasteiger charge is 2.11. The van der Waals surface area contributed by atoms with Gasteiger partial charge in [0, 0.05) is 5.02 Å². The molecule has 0 radical (unpaired) electrons. The first kappa shape index (κ1) is 15.4. The maximum absolute atomic E-state index is 11.3. The van der Waals surface area contributed by atoms with Crippen molar-refractivity contribution in [2.45, 2.75) is 26.9 Å². The second-order valence-electron chi connectivity index (χ2n) is 5.18. The average molecular weight is 305 g/mol. The fraction of sp³-hybridized carbons (Fsp3) is 0.235. The first-order valence-corrected chi connectivity index (χ1v) is 7.06. The lowest BCUT2D eigenvalue weighted by Crippen LogP contribution is -2.07. The second kappa shape index (κ2) is 6.19. The van der Waals surface area contributed by atoms with Gasteiger partial charge in [0.1, 0.15) is 5.75 Å². The molecule has 0 aliphatic heterocycles. The Morgan fingerprint density at radius 3 is 2.48 bits per heavy atom. The third-order valence-electron chi connectivity index (χ3n) is 3.02. The van der Waals surface area contributed by atoms with Crippen LogP contribution in [0.25, 0.3) is 11.1 Å². The van der Waals surface area contributed by atoms with E-state index in [9.17, 15) is 9.90 Å². The van der Waals surface area contributed by atoms with E-state index < -0.39 is 5.97 Å². The molecule has 21 heavy (non-hydrogen) atoms. The molecular formula is C17H17ClO3. The minimum atomic E-state index is -0.975. The lowest BCUT2D eigenvalue weighted by atomic mass is 9.98. The quantitative estimate of drug-likeness (QED) is 0.882. The van der Waals surface area contributed by atoms with Gasteiger partial charge in [0.15, 0.2) is 0 Å². The summed E-state index contributed by atoms with van der Waals surface area (Å²) in [4.78, 5) is 11.3. The highest BCUT2D eigenvalue weighted by Crippen LogP contribution is 2.30.